The van der Waals surface area contributed by atoms with Gasteiger partial charge in [0.05, 0.1) is 22.1 Å². The van der Waals surface area contributed by atoms with Crippen molar-refractivity contribution in [1.29, 1.82) is 0 Å². The Bertz CT molecular complexity index is 971. The highest BCUT2D eigenvalue weighted by molar-refractivity contribution is 6.36. The summed E-state index contributed by atoms with van der Waals surface area (Å²) in [6.07, 6.45) is 9.51. The Morgan fingerprint density at radius 3 is 1.58 bits per heavy atom. The standard InChI is InChI=1S/C23H22Cl4N2O2/c24-15-7-13(21(30)17(26)9-15)11-28-19-3-1-5-23(19)6-2-4-20(23)29-12-14-8-16(25)10-18(27)22(14)31/h7-12,19-20,30-31H,1-6H2/t19-,20+,23?. The van der Waals surface area contributed by atoms with Crippen molar-refractivity contribution in [2.45, 2.75) is 50.6 Å². The first kappa shape index (κ1) is 22.7. The number of benzene rings is 2. The zero-order valence-corrected chi connectivity index (χ0v) is 19.7. The third-order valence-corrected chi connectivity index (χ3v) is 7.48. The Labute approximate surface area is 201 Å². The summed E-state index contributed by atoms with van der Waals surface area (Å²) in [5.74, 6) is -0.0349. The third kappa shape index (κ3) is 4.54. The molecule has 4 nitrogen and oxygen atoms in total. The predicted molar refractivity (Wildman–Crippen MR) is 129 cm³/mol. The summed E-state index contributed by atoms with van der Waals surface area (Å²) in [5, 5.41) is 21.8. The van der Waals surface area contributed by atoms with Crippen LogP contribution in [0, 0.1) is 5.41 Å². The zero-order valence-electron chi connectivity index (χ0n) is 16.7. The molecule has 2 aliphatic carbocycles. The molecule has 0 saturated heterocycles. The van der Waals surface area contributed by atoms with Crippen LogP contribution < -0.4 is 0 Å². The molecule has 8 heteroatoms. The average molecular weight is 500 g/mol. The fraction of sp³-hybridized carbons (Fsp3) is 0.391. The summed E-state index contributed by atoms with van der Waals surface area (Å²) < 4.78 is 0. The van der Waals surface area contributed by atoms with Crippen LogP contribution in [0.2, 0.25) is 20.1 Å². The molecule has 2 saturated carbocycles. The van der Waals surface area contributed by atoms with E-state index in [0.717, 1.165) is 38.5 Å². The van der Waals surface area contributed by atoms with E-state index in [1.807, 2.05) is 0 Å². The number of aliphatic imine (C=N–C) groups is 2. The fourth-order valence-electron chi connectivity index (χ4n) is 4.99. The van der Waals surface area contributed by atoms with E-state index >= 15 is 0 Å². The molecule has 2 aromatic rings. The van der Waals surface area contributed by atoms with Gasteiger partial charge in [-0.15, -0.1) is 0 Å². The average Bonchev–Trinajstić information content (AvgIpc) is 3.32. The molecule has 2 aliphatic rings. The van der Waals surface area contributed by atoms with Gasteiger partial charge in [0.25, 0.3) is 0 Å². The van der Waals surface area contributed by atoms with E-state index in [-0.39, 0.29) is 39.0 Å². The second-order valence-corrected chi connectivity index (χ2v) is 9.94. The number of nitrogens with zero attached hydrogens (tertiary/aromatic N) is 2. The lowest BCUT2D eigenvalue weighted by molar-refractivity contribution is 0.238. The first-order valence-corrected chi connectivity index (χ1v) is 11.7. The number of halogens is 4. The van der Waals surface area contributed by atoms with Crippen LogP contribution in [-0.2, 0) is 0 Å². The lowest BCUT2D eigenvalue weighted by atomic mass is 9.78. The maximum absolute atomic E-state index is 10.2. The van der Waals surface area contributed by atoms with E-state index in [2.05, 4.69) is 0 Å². The highest BCUT2D eigenvalue weighted by Gasteiger charge is 2.51. The Balaban J connectivity index is 1.60. The van der Waals surface area contributed by atoms with Crippen LogP contribution in [0.5, 0.6) is 11.5 Å². The maximum atomic E-state index is 10.2. The van der Waals surface area contributed by atoms with Crippen molar-refractivity contribution in [3.8, 4) is 11.5 Å². The minimum absolute atomic E-state index is 0.0174. The highest BCUT2D eigenvalue weighted by Crippen LogP contribution is 2.53. The minimum atomic E-state index is -0.0387. The first-order chi connectivity index (χ1) is 14.8. The number of rotatable bonds is 4. The molecule has 2 aromatic carbocycles. The van der Waals surface area contributed by atoms with Gasteiger partial charge in [-0.25, -0.2) is 0 Å². The molecule has 31 heavy (non-hydrogen) atoms. The van der Waals surface area contributed by atoms with Gasteiger partial charge < -0.3 is 10.2 Å². The van der Waals surface area contributed by atoms with Gasteiger partial charge in [-0.05, 0) is 49.9 Å². The molecule has 0 aliphatic heterocycles. The first-order valence-electron chi connectivity index (χ1n) is 10.2. The van der Waals surface area contributed by atoms with Crippen molar-refractivity contribution in [3.05, 3.63) is 55.5 Å². The van der Waals surface area contributed by atoms with Gasteiger partial charge in [-0.3, -0.25) is 9.98 Å². The van der Waals surface area contributed by atoms with Crippen LogP contribution in [0.4, 0.5) is 0 Å². The molecule has 0 aromatic heterocycles. The van der Waals surface area contributed by atoms with Crippen molar-refractivity contribution in [2.24, 2.45) is 15.4 Å². The highest BCUT2D eigenvalue weighted by atomic mass is 35.5. The number of hydrogen-bond donors (Lipinski definition) is 2. The Hall–Kier alpha value is -1.46. The van der Waals surface area contributed by atoms with Gasteiger partial charge in [-0.2, -0.15) is 0 Å². The van der Waals surface area contributed by atoms with Crippen LogP contribution >= 0.6 is 46.4 Å². The number of phenolic OH excluding ortho intramolecular Hbond substituents is 2. The van der Waals surface area contributed by atoms with E-state index in [9.17, 15) is 10.2 Å². The van der Waals surface area contributed by atoms with Crippen LogP contribution in [0.1, 0.15) is 49.7 Å². The lowest BCUT2D eigenvalue weighted by Crippen LogP contribution is -2.35. The second kappa shape index (κ2) is 9.19. The molecule has 2 N–H and O–H groups in total. The number of phenols is 2. The van der Waals surface area contributed by atoms with Crippen LogP contribution in [0.25, 0.3) is 0 Å². The van der Waals surface area contributed by atoms with E-state index < -0.39 is 0 Å². The molecule has 0 heterocycles. The molecule has 0 radical (unpaired) electrons. The molecule has 1 unspecified atom stereocenters. The minimum Gasteiger partial charge on any atom is -0.506 e. The van der Waals surface area contributed by atoms with Crippen LogP contribution in [0.3, 0.4) is 0 Å². The fourth-order valence-corrected chi connectivity index (χ4v) is 6.01. The van der Waals surface area contributed by atoms with Gasteiger partial charge in [-0.1, -0.05) is 59.2 Å². The summed E-state index contributed by atoms with van der Waals surface area (Å²) in [6.45, 7) is 0. The van der Waals surface area contributed by atoms with E-state index in [1.165, 1.54) is 12.1 Å². The van der Waals surface area contributed by atoms with Gasteiger partial charge >= 0.3 is 0 Å². The maximum Gasteiger partial charge on any atom is 0.143 e. The van der Waals surface area contributed by atoms with Gasteiger partial charge in [0.15, 0.2) is 0 Å². The molecule has 0 bridgehead atoms. The predicted octanol–water partition coefficient (Wildman–Crippen LogP) is 7.34. The van der Waals surface area contributed by atoms with E-state index in [1.54, 1.807) is 24.6 Å². The van der Waals surface area contributed by atoms with Gasteiger partial charge in [0.2, 0.25) is 0 Å². The number of hydrogen-bond acceptors (Lipinski definition) is 4. The number of aromatic hydroxyl groups is 2. The lowest BCUT2D eigenvalue weighted by Gasteiger charge is -2.33. The van der Waals surface area contributed by atoms with Crippen molar-refractivity contribution in [3.63, 3.8) is 0 Å². The SMILES string of the molecule is Oc1c(Cl)cc(Cl)cc1C=N[C@H]1CCCC12CCC[C@H]2N=Cc1cc(Cl)cc(Cl)c1O. The van der Waals surface area contributed by atoms with Crippen molar-refractivity contribution < 1.29 is 10.2 Å². The Kier molecular flexibility index (Phi) is 6.73. The summed E-state index contributed by atoms with van der Waals surface area (Å²) in [6, 6.07) is 6.50. The quantitative estimate of drug-likeness (QED) is 0.432. The summed E-state index contributed by atoms with van der Waals surface area (Å²) in [7, 11) is 0. The van der Waals surface area contributed by atoms with Crippen molar-refractivity contribution >= 4 is 58.8 Å². The molecule has 0 amide bonds. The van der Waals surface area contributed by atoms with Crippen LogP contribution in [-0.4, -0.2) is 34.7 Å². The van der Waals surface area contributed by atoms with Crippen molar-refractivity contribution in [2.75, 3.05) is 0 Å². The van der Waals surface area contributed by atoms with Gasteiger partial charge in [0.1, 0.15) is 11.5 Å². The monoisotopic (exact) mass is 498 g/mol. The van der Waals surface area contributed by atoms with Gasteiger partial charge in [0, 0.05) is 39.0 Å². The molecule has 1 spiro atoms. The molecule has 4 rings (SSSR count). The zero-order chi connectivity index (χ0) is 22.2. The largest absolute Gasteiger partial charge is 0.506 e. The van der Waals surface area contributed by atoms with E-state index in [0.29, 0.717) is 21.2 Å². The molecular formula is C23H22Cl4N2O2. The van der Waals surface area contributed by atoms with Crippen LogP contribution in [0.15, 0.2) is 34.3 Å². The topological polar surface area (TPSA) is 65.2 Å². The third-order valence-electron chi connectivity index (χ3n) is 6.47. The molecule has 164 valence electrons. The molecule has 2 fully saturated rings. The summed E-state index contributed by atoms with van der Waals surface area (Å²) >= 11 is 24.2. The Morgan fingerprint density at radius 1 is 0.742 bits per heavy atom. The smallest absolute Gasteiger partial charge is 0.143 e. The second-order valence-electron chi connectivity index (χ2n) is 8.26. The summed E-state index contributed by atoms with van der Waals surface area (Å²) in [5.41, 5.74) is 0.982. The normalized spacial score (nSPS) is 26.1. The Morgan fingerprint density at radius 2 is 1.16 bits per heavy atom. The summed E-state index contributed by atoms with van der Waals surface area (Å²) in [4.78, 5) is 9.71. The molecular weight excluding hydrogens is 478 g/mol. The molecule has 3 atom stereocenters. The van der Waals surface area contributed by atoms with E-state index in [4.69, 9.17) is 56.4 Å². The van der Waals surface area contributed by atoms with Crippen molar-refractivity contribution in [1.82, 2.24) is 0 Å².